The fourth-order valence-corrected chi connectivity index (χ4v) is 7.97. The molecule has 26 heavy (non-hydrogen) atoms. The topological polar surface area (TPSA) is 57.5 Å². The summed E-state index contributed by atoms with van der Waals surface area (Å²) in [6, 6.07) is 20.8. The number of carbonyl (C=O) groups is 1. The third-order valence-electron chi connectivity index (χ3n) is 4.76. The standard InChI is InChI=1S/C21H27NO3Si/c1-21(2,3)26(17-10-6-4-7-11-17,18-12-8-5-9-13-18)25-15-14-24-20(23)19-16-22-19/h4-13,19,22H,14-16H2,1-3H3/t19-/m1/s1. The number of benzene rings is 2. The van der Waals surface area contributed by atoms with Crippen LogP contribution in [0.25, 0.3) is 0 Å². The lowest BCUT2D eigenvalue weighted by Crippen LogP contribution is -2.66. The van der Waals surface area contributed by atoms with Gasteiger partial charge in [-0.1, -0.05) is 81.4 Å². The monoisotopic (exact) mass is 369 g/mol. The molecule has 1 fully saturated rings. The van der Waals surface area contributed by atoms with E-state index >= 15 is 0 Å². The normalized spacial score (nSPS) is 17.0. The predicted octanol–water partition coefficient (Wildman–Crippen LogP) is 2.08. The van der Waals surface area contributed by atoms with E-state index in [1.165, 1.54) is 10.4 Å². The Bertz CT molecular complexity index is 684. The molecule has 1 aliphatic rings. The van der Waals surface area contributed by atoms with Crippen molar-refractivity contribution in [1.82, 2.24) is 5.32 Å². The van der Waals surface area contributed by atoms with Crippen molar-refractivity contribution in [2.75, 3.05) is 19.8 Å². The van der Waals surface area contributed by atoms with Crippen LogP contribution in [0.3, 0.4) is 0 Å². The molecule has 0 bridgehead atoms. The van der Waals surface area contributed by atoms with Crippen LogP contribution in [-0.4, -0.2) is 40.1 Å². The van der Waals surface area contributed by atoms with Crippen molar-refractivity contribution in [3.8, 4) is 0 Å². The highest BCUT2D eigenvalue weighted by molar-refractivity contribution is 6.99. The maximum atomic E-state index is 11.7. The van der Waals surface area contributed by atoms with E-state index in [-0.39, 0.29) is 23.7 Å². The summed E-state index contributed by atoms with van der Waals surface area (Å²) in [4.78, 5) is 11.7. The summed E-state index contributed by atoms with van der Waals surface area (Å²) in [6.45, 7) is 8.10. The molecule has 0 aliphatic carbocycles. The van der Waals surface area contributed by atoms with Crippen LogP contribution in [0, 0.1) is 0 Å². The second kappa shape index (κ2) is 7.74. The minimum atomic E-state index is -2.54. The Balaban J connectivity index is 1.88. The molecular formula is C21H27NO3Si. The van der Waals surface area contributed by atoms with E-state index in [1.54, 1.807) is 0 Å². The van der Waals surface area contributed by atoms with Crippen LogP contribution >= 0.6 is 0 Å². The molecule has 0 aromatic heterocycles. The van der Waals surface area contributed by atoms with Crippen molar-refractivity contribution in [1.29, 1.82) is 0 Å². The molecule has 3 rings (SSSR count). The fourth-order valence-electron chi connectivity index (χ4n) is 3.42. The van der Waals surface area contributed by atoms with Gasteiger partial charge in [0, 0.05) is 6.54 Å². The van der Waals surface area contributed by atoms with E-state index in [0.717, 1.165) is 0 Å². The molecule has 1 aliphatic heterocycles. The minimum absolute atomic E-state index is 0.0717. The SMILES string of the molecule is CC(C)(C)[Si](OCCOC(=O)[C@H]1CN1)(c1ccccc1)c1ccccc1. The molecule has 0 amide bonds. The average molecular weight is 370 g/mol. The van der Waals surface area contributed by atoms with Crippen LogP contribution in [0.4, 0.5) is 0 Å². The number of hydrogen-bond donors (Lipinski definition) is 1. The summed E-state index contributed by atoms with van der Waals surface area (Å²) in [5.41, 5.74) is 0. The molecule has 5 heteroatoms. The van der Waals surface area contributed by atoms with E-state index < -0.39 is 8.32 Å². The van der Waals surface area contributed by atoms with E-state index in [0.29, 0.717) is 13.2 Å². The van der Waals surface area contributed by atoms with Crippen LogP contribution in [0.2, 0.25) is 5.04 Å². The van der Waals surface area contributed by atoms with Gasteiger partial charge in [0.15, 0.2) is 0 Å². The summed E-state index contributed by atoms with van der Waals surface area (Å²) >= 11 is 0. The Morgan fingerprint density at radius 2 is 1.50 bits per heavy atom. The highest BCUT2D eigenvalue weighted by Crippen LogP contribution is 2.36. The first-order valence-corrected chi connectivity index (χ1v) is 11.0. The predicted molar refractivity (Wildman–Crippen MR) is 106 cm³/mol. The molecule has 2 aromatic rings. The number of carbonyl (C=O) groups excluding carboxylic acids is 1. The minimum Gasteiger partial charge on any atom is -0.462 e. The van der Waals surface area contributed by atoms with Gasteiger partial charge in [-0.2, -0.15) is 0 Å². The molecule has 138 valence electrons. The molecular weight excluding hydrogens is 342 g/mol. The summed E-state index contributed by atoms with van der Waals surface area (Å²) in [5, 5.41) is 5.35. The van der Waals surface area contributed by atoms with Gasteiger partial charge >= 0.3 is 5.97 Å². The third kappa shape index (κ3) is 3.90. The summed E-state index contributed by atoms with van der Waals surface area (Å²) in [6.07, 6.45) is 0. The quantitative estimate of drug-likeness (QED) is 0.351. The highest BCUT2D eigenvalue weighted by atomic mass is 28.4. The van der Waals surface area contributed by atoms with E-state index in [4.69, 9.17) is 9.16 Å². The van der Waals surface area contributed by atoms with Crippen LogP contribution < -0.4 is 15.7 Å². The zero-order valence-corrected chi connectivity index (χ0v) is 16.7. The Morgan fingerprint density at radius 3 is 1.92 bits per heavy atom. The smallest absolute Gasteiger partial charge is 0.324 e. The number of nitrogens with one attached hydrogen (secondary N) is 1. The van der Waals surface area contributed by atoms with Gasteiger partial charge in [-0.05, 0) is 15.4 Å². The summed E-state index contributed by atoms with van der Waals surface area (Å²) in [7, 11) is -2.54. The largest absolute Gasteiger partial charge is 0.462 e. The van der Waals surface area contributed by atoms with Crippen molar-refractivity contribution in [2.24, 2.45) is 0 Å². The van der Waals surface area contributed by atoms with Gasteiger partial charge in [0.1, 0.15) is 12.6 Å². The van der Waals surface area contributed by atoms with Gasteiger partial charge in [0.25, 0.3) is 8.32 Å². The first kappa shape index (κ1) is 18.8. The Labute approximate surface area is 156 Å². The van der Waals surface area contributed by atoms with Crippen molar-refractivity contribution in [3.63, 3.8) is 0 Å². The maximum absolute atomic E-state index is 11.7. The van der Waals surface area contributed by atoms with Gasteiger partial charge in [-0.3, -0.25) is 4.79 Å². The maximum Gasteiger partial charge on any atom is 0.324 e. The molecule has 1 saturated heterocycles. The number of esters is 1. The molecule has 4 nitrogen and oxygen atoms in total. The molecule has 0 saturated carbocycles. The molecule has 0 spiro atoms. The summed E-state index contributed by atoms with van der Waals surface area (Å²) in [5.74, 6) is -0.184. The number of rotatable bonds is 7. The lowest BCUT2D eigenvalue weighted by atomic mass is 10.2. The first-order chi connectivity index (χ1) is 12.4. The number of hydrogen-bond acceptors (Lipinski definition) is 4. The van der Waals surface area contributed by atoms with Crippen LogP contribution in [0.1, 0.15) is 20.8 Å². The van der Waals surface area contributed by atoms with Gasteiger partial charge in [0.05, 0.1) is 6.61 Å². The van der Waals surface area contributed by atoms with Crippen molar-refractivity contribution < 1.29 is 14.0 Å². The Hall–Kier alpha value is -1.95. The second-order valence-corrected chi connectivity index (χ2v) is 11.9. The Morgan fingerprint density at radius 1 is 1.00 bits per heavy atom. The van der Waals surface area contributed by atoms with Gasteiger partial charge in [-0.25, -0.2) is 0 Å². The van der Waals surface area contributed by atoms with Crippen LogP contribution in [0.15, 0.2) is 60.7 Å². The molecule has 0 unspecified atom stereocenters. The lowest BCUT2D eigenvalue weighted by molar-refractivity contribution is -0.143. The fraction of sp³-hybridized carbons (Fsp3) is 0.381. The van der Waals surface area contributed by atoms with Gasteiger partial charge in [-0.15, -0.1) is 0 Å². The van der Waals surface area contributed by atoms with E-state index in [9.17, 15) is 4.79 Å². The number of ether oxygens (including phenoxy) is 1. The Kier molecular flexibility index (Phi) is 5.60. The molecule has 1 N–H and O–H groups in total. The van der Waals surface area contributed by atoms with Crippen molar-refractivity contribution in [2.45, 2.75) is 31.9 Å². The third-order valence-corrected chi connectivity index (χ3v) is 9.80. The van der Waals surface area contributed by atoms with Crippen LogP contribution in [0.5, 0.6) is 0 Å². The average Bonchev–Trinajstić information content (AvgIpc) is 3.47. The van der Waals surface area contributed by atoms with E-state index in [1.807, 2.05) is 12.1 Å². The second-order valence-electron chi connectivity index (χ2n) is 7.64. The zero-order valence-electron chi connectivity index (χ0n) is 15.7. The van der Waals surface area contributed by atoms with Crippen LogP contribution in [-0.2, 0) is 14.0 Å². The molecule has 1 atom stereocenters. The molecule has 1 heterocycles. The zero-order chi connectivity index (χ0) is 18.6. The van der Waals surface area contributed by atoms with Crippen molar-refractivity contribution in [3.05, 3.63) is 60.7 Å². The van der Waals surface area contributed by atoms with Crippen molar-refractivity contribution >= 4 is 24.7 Å². The van der Waals surface area contributed by atoms with E-state index in [2.05, 4.69) is 74.6 Å². The molecule has 2 aromatic carbocycles. The van der Waals surface area contributed by atoms with Gasteiger partial charge < -0.3 is 14.5 Å². The first-order valence-electron chi connectivity index (χ1n) is 9.10. The molecule has 0 radical (unpaired) electrons. The highest BCUT2D eigenvalue weighted by Gasteiger charge is 2.50. The summed E-state index contributed by atoms with van der Waals surface area (Å²) < 4.78 is 12.0. The van der Waals surface area contributed by atoms with Gasteiger partial charge in [0.2, 0.25) is 0 Å². The lowest BCUT2D eigenvalue weighted by Gasteiger charge is -2.43.